The average Bonchev–Trinajstić information content (AvgIpc) is 2.38. The molecule has 0 aliphatic carbocycles. The lowest BCUT2D eigenvalue weighted by Gasteiger charge is -1.85. The minimum absolute atomic E-state index is 0.869. The predicted molar refractivity (Wildman–Crippen MR) is 49.9 cm³/mol. The van der Waals surface area contributed by atoms with Crippen LogP contribution in [0.5, 0.6) is 0 Å². The normalized spacial score (nSPS) is 9.45. The van der Waals surface area contributed by atoms with Gasteiger partial charge in [0.05, 0.1) is 10.7 Å². The maximum atomic E-state index is 4.37. The van der Waals surface area contributed by atoms with E-state index in [1.807, 2.05) is 12.2 Å². The van der Waals surface area contributed by atoms with Crippen molar-refractivity contribution < 1.29 is 0 Å². The van der Waals surface area contributed by atoms with E-state index in [0.717, 1.165) is 23.5 Å². The summed E-state index contributed by atoms with van der Waals surface area (Å²) in [6.07, 6.45) is 5.48. The minimum atomic E-state index is 0.869. The zero-order valence-corrected chi connectivity index (χ0v) is 7.23. The second-order valence-electron chi connectivity index (χ2n) is 2.22. The molecule has 0 radical (unpaired) electrons. The minimum Gasteiger partial charge on any atom is -0.246 e. The summed E-state index contributed by atoms with van der Waals surface area (Å²) in [7, 11) is 0. The molecule has 0 spiro atoms. The van der Waals surface area contributed by atoms with Gasteiger partial charge in [-0.1, -0.05) is 12.2 Å². The summed E-state index contributed by atoms with van der Waals surface area (Å²) in [4.78, 5) is 4.37. The highest BCUT2D eigenvalue weighted by Crippen LogP contribution is 2.10. The average molecular weight is 165 g/mol. The number of rotatable bonds is 4. The van der Waals surface area contributed by atoms with Crippen LogP contribution in [0.2, 0.25) is 0 Å². The SMILES string of the molecule is C=CCc1csc(CC=C)n1. The number of nitrogens with zero attached hydrogens (tertiary/aromatic N) is 1. The summed E-state index contributed by atoms with van der Waals surface area (Å²) in [6.45, 7) is 7.31. The van der Waals surface area contributed by atoms with Crippen LogP contribution in [-0.2, 0) is 12.8 Å². The van der Waals surface area contributed by atoms with Crippen molar-refractivity contribution in [1.82, 2.24) is 4.98 Å². The summed E-state index contributed by atoms with van der Waals surface area (Å²) in [5, 5.41) is 3.21. The first-order chi connectivity index (χ1) is 5.36. The Balaban J connectivity index is 2.64. The third-order valence-corrected chi connectivity index (χ3v) is 2.19. The van der Waals surface area contributed by atoms with Crippen LogP contribution in [0.25, 0.3) is 0 Å². The molecule has 1 rings (SSSR count). The molecule has 2 heteroatoms. The number of hydrogen-bond donors (Lipinski definition) is 0. The highest BCUT2D eigenvalue weighted by Gasteiger charge is 1.96. The van der Waals surface area contributed by atoms with E-state index >= 15 is 0 Å². The smallest absolute Gasteiger partial charge is 0.0966 e. The molecule has 58 valence electrons. The van der Waals surface area contributed by atoms with E-state index in [2.05, 4.69) is 23.5 Å². The molecule has 0 aliphatic heterocycles. The molecule has 0 amide bonds. The molecule has 0 atom stereocenters. The third-order valence-electron chi connectivity index (χ3n) is 1.27. The Bertz CT molecular complexity index is 225. The van der Waals surface area contributed by atoms with Crippen molar-refractivity contribution in [2.45, 2.75) is 12.8 Å². The van der Waals surface area contributed by atoms with Gasteiger partial charge in [0.15, 0.2) is 0 Å². The number of thiazole rings is 1. The Hall–Kier alpha value is -0.890. The molecule has 0 bridgehead atoms. The van der Waals surface area contributed by atoms with Crippen LogP contribution >= 0.6 is 11.3 Å². The zero-order valence-electron chi connectivity index (χ0n) is 6.42. The molecule has 0 saturated carbocycles. The third kappa shape index (κ3) is 2.31. The van der Waals surface area contributed by atoms with Crippen molar-refractivity contribution >= 4 is 11.3 Å². The summed E-state index contributed by atoms with van der Waals surface area (Å²) in [5.74, 6) is 0. The molecular formula is C9H11NS. The van der Waals surface area contributed by atoms with Gasteiger partial charge in [0.1, 0.15) is 0 Å². The Kier molecular flexibility index (Phi) is 3.05. The monoisotopic (exact) mass is 165 g/mol. The van der Waals surface area contributed by atoms with Crippen molar-refractivity contribution in [2.24, 2.45) is 0 Å². The van der Waals surface area contributed by atoms with E-state index in [9.17, 15) is 0 Å². The fraction of sp³-hybridized carbons (Fsp3) is 0.222. The quantitative estimate of drug-likeness (QED) is 0.625. The largest absolute Gasteiger partial charge is 0.246 e. The van der Waals surface area contributed by atoms with Crippen LogP contribution < -0.4 is 0 Å². The van der Waals surface area contributed by atoms with Crippen molar-refractivity contribution in [3.8, 4) is 0 Å². The Labute approximate surface area is 71.1 Å². The molecule has 1 aromatic rings. The Morgan fingerprint density at radius 3 is 2.73 bits per heavy atom. The van der Waals surface area contributed by atoms with Crippen LogP contribution in [0.3, 0.4) is 0 Å². The maximum absolute atomic E-state index is 4.37. The van der Waals surface area contributed by atoms with E-state index in [0.29, 0.717) is 0 Å². The number of aromatic nitrogens is 1. The maximum Gasteiger partial charge on any atom is 0.0966 e. The van der Waals surface area contributed by atoms with Crippen LogP contribution in [0.15, 0.2) is 30.7 Å². The summed E-state index contributed by atoms with van der Waals surface area (Å²) in [5.41, 5.74) is 1.11. The lowest BCUT2D eigenvalue weighted by atomic mass is 10.3. The molecule has 11 heavy (non-hydrogen) atoms. The molecule has 1 nitrogen and oxygen atoms in total. The lowest BCUT2D eigenvalue weighted by Crippen LogP contribution is -1.82. The fourth-order valence-electron chi connectivity index (χ4n) is 0.808. The molecule has 0 fully saturated rings. The van der Waals surface area contributed by atoms with Crippen molar-refractivity contribution in [1.29, 1.82) is 0 Å². The molecule has 0 saturated heterocycles. The molecule has 0 unspecified atom stereocenters. The first-order valence-corrected chi connectivity index (χ1v) is 4.40. The summed E-state index contributed by atoms with van der Waals surface area (Å²) >= 11 is 1.68. The van der Waals surface area contributed by atoms with Gasteiger partial charge in [0.25, 0.3) is 0 Å². The van der Waals surface area contributed by atoms with E-state index in [1.165, 1.54) is 0 Å². The first-order valence-electron chi connectivity index (χ1n) is 3.52. The van der Waals surface area contributed by atoms with Gasteiger partial charge in [-0.15, -0.1) is 24.5 Å². The van der Waals surface area contributed by atoms with Gasteiger partial charge in [-0.05, 0) is 0 Å². The van der Waals surface area contributed by atoms with Crippen molar-refractivity contribution in [2.75, 3.05) is 0 Å². The first kappa shape index (κ1) is 8.21. The second kappa shape index (κ2) is 4.09. The van der Waals surface area contributed by atoms with Crippen LogP contribution in [0.4, 0.5) is 0 Å². The molecule has 0 N–H and O–H groups in total. The van der Waals surface area contributed by atoms with E-state index in [1.54, 1.807) is 11.3 Å². The summed E-state index contributed by atoms with van der Waals surface area (Å²) in [6, 6.07) is 0. The van der Waals surface area contributed by atoms with Crippen LogP contribution in [0, 0.1) is 0 Å². The molecule has 0 aromatic carbocycles. The standard InChI is InChI=1S/C9H11NS/c1-3-5-8-7-11-9(10-8)6-4-2/h3-4,7H,1-2,5-6H2. The topological polar surface area (TPSA) is 12.9 Å². The van der Waals surface area contributed by atoms with E-state index in [-0.39, 0.29) is 0 Å². The molecule has 0 aliphatic rings. The van der Waals surface area contributed by atoms with Gasteiger partial charge in [-0.25, -0.2) is 4.98 Å². The fourth-order valence-corrected chi connectivity index (χ4v) is 1.61. The summed E-state index contributed by atoms with van der Waals surface area (Å²) < 4.78 is 0. The Morgan fingerprint density at radius 2 is 2.09 bits per heavy atom. The lowest BCUT2D eigenvalue weighted by molar-refractivity contribution is 1.09. The number of allylic oxidation sites excluding steroid dienone is 2. The van der Waals surface area contributed by atoms with Gasteiger partial charge >= 0.3 is 0 Å². The van der Waals surface area contributed by atoms with Gasteiger partial charge in [0.2, 0.25) is 0 Å². The van der Waals surface area contributed by atoms with E-state index < -0.39 is 0 Å². The zero-order chi connectivity index (χ0) is 8.10. The van der Waals surface area contributed by atoms with Crippen molar-refractivity contribution in [3.63, 3.8) is 0 Å². The van der Waals surface area contributed by atoms with Gasteiger partial charge in [0, 0.05) is 18.2 Å². The predicted octanol–water partition coefficient (Wildman–Crippen LogP) is 2.60. The van der Waals surface area contributed by atoms with Gasteiger partial charge < -0.3 is 0 Å². The number of hydrogen-bond acceptors (Lipinski definition) is 2. The van der Waals surface area contributed by atoms with E-state index in [4.69, 9.17) is 0 Å². The van der Waals surface area contributed by atoms with Gasteiger partial charge in [-0.3, -0.25) is 0 Å². The van der Waals surface area contributed by atoms with Crippen molar-refractivity contribution in [3.05, 3.63) is 41.4 Å². The van der Waals surface area contributed by atoms with Crippen LogP contribution in [-0.4, -0.2) is 4.98 Å². The molecular weight excluding hydrogens is 154 g/mol. The highest BCUT2D eigenvalue weighted by atomic mass is 32.1. The molecule has 1 aromatic heterocycles. The van der Waals surface area contributed by atoms with Crippen LogP contribution in [0.1, 0.15) is 10.7 Å². The van der Waals surface area contributed by atoms with Gasteiger partial charge in [-0.2, -0.15) is 0 Å². The second-order valence-corrected chi connectivity index (χ2v) is 3.16. The Morgan fingerprint density at radius 1 is 1.36 bits per heavy atom. The highest BCUT2D eigenvalue weighted by molar-refractivity contribution is 7.09. The molecule has 1 heterocycles.